The van der Waals surface area contributed by atoms with Crippen molar-refractivity contribution in [2.75, 3.05) is 6.61 Å². The van der Waals surface area contributed by atoms with Crippen molar-refractivity contribution < 1.29 is 9.53 Å². The largest absolute Gasteiger partial charge is 0.484 e. The Balaban J connectivity index is 1.58. The Morgan fingerprint density at radius 1 is 1.25 bits per heavy atom. The van der Waals surface area contributed by atoms with Crippen molar-refractivity contribution in [3.63, 3.8) is 0 Å². The summed E-state index contributed by atoms with van der Waals surface area (Å²) in [4.78, 5) is 19.4. The van der Waals surface area contributed by atoms with E-state index in [4.69, 9.17) is 4.74 Å². The third-order valence-corrected chi connectivity index (χ3v) is 3.44. The molecule has 1 heterocycles. The molecule has 0 spiro atoms. The van der Waals surface area contributed by atoms with Gasteiger partial charge in [0.25, 0.3) is 5.91 Å². The summed E-state index contributed by atoms with van der Waals surface area (Å²) in [6, 6.07) is 15.2. The molecule has 1 amide bonds. The fourth-order valence-corrected chi connectivity index (χ4v) is 2.21. The molecule has 0 unspecified atom stereocenters. The zero-order valence-electron chi connectivity index (χ0n) is 13.5. The van der Waals surface area contributed by atoms with Gasteiger partial charge < -0.3 is 9.72 Å². The number of aromatic amines is 1. The van der Waals surface area contributed by atoms with Gasteiger partial charge in [0.1, 0.15) is 11.5 Å². The van der Waals surface area contributed by atoms with E-state index in [0.717, 1.165) is 16.6 Å². The highest BCUT2D eigenvalue weighted by Gasteiger charge is 2.06. The van der Waals surface area contributed by atoms with E-state index < -0.39 is 0 Å². The third kappa shape index (κ3) is 3.78. The molecule has 0 saturated carbocycles. The number of aromatic nitrogens is 2. The first-order chi connectivity index (χ1) is 11.6. The van der Waals surface area contributed by atoms with Gasteiger partial charge in [0.2, 0.25) is 0 Å². The van der Waals surface area contributed by atoms with E-state index in [1.807, 2.05) is 55.5 Å². The van der Waals surface area contributed by atoms with Crippen molar-refractivity contribution in [3.05, 3.63) is 59.9 Å². The number of ether oxygens (including phenoxy) is 1. The number of carbonyl (C=O) groups is 1. The lowest BCUT2D eigenvalue weighted by molar-refractivity contribution is -0.123. The fourth-order valence-electron chi connectivity index (χ4n) is 2.21. The zero-order valence-corrected chi connectivity index (χ0v) is 13.5. The Bertz CT molecular complexity index is 866. The van der Waals surface area contributed by atoms with Crippen LogP contribution >= 0.6 is 0 Å². The van der Waals surface area contributed by atoms with Crippen LogP contribution in [0.2, 0.25) is 0 Å². The van der Waals surface area contributed by atoms with Crippen molar-refractivity contribution in [2.24, 2.45) is 5.10 Å². The highest BCUT2D eigenvalue weighted by atomic mass is 16.5. The second-order valence-corrected chi connectivity index (χ2v) is 5.44. The van der Waals surface area contributed by atoms with Gasteiger partial charge in [-0.3, -0.25) is 4.79 Å². The average molecular weight is 322 g/mol. The number of benzene rings is 2. The van der Waals surface area contributed by atoms with E-state index >= 15 is 0 Å². The summed E-state index contributed by atoms with van der Waals surface area (Å²) in [6.45, 7) is 3.65. The van der Waals surface area contributed by atoms with E-state index in [1.165, 1.54) is 0 Å². The Labute approximate surface area is 139 Å². The molecule has 0 radical (unpaired) electrons. The molecule has 2 aromatic carbocycles. The molecule has 0 aliphatic heterocycles. The number of para-hydroxylation sites is 2. The molecule has 6 nitrogen and oxygen atoms in total. The van der Waals surface area contributed by atoms with Gasteiger partial charge in [0.15, 0.2) is 12.4 Å². The van der Waals surface area contributed by atoms with Gasteiger partial charge in [-0.1, -0.05) is 24.3 Å². The van der Waals surface area contributed by atoms with Gasteiger partial charge in [-0.2, -0.15) is 5.10 Å². The monoisotopic (exact) mass is 322 g/mol. The fraction of sp³-hybridized carbons (Fsp3) is 0.167. The van der Waals surface area contributed by atoms with Crippen molar-refractivity contribution in [1.29, 1.82) is 0 Å². The SMILES string of the molecule is C/C(=N\NC(=O)COc1cccc(C)c1)c1nc2ccccc2[nH]1. The Morgan fingerprint density at radius 3 is 2.88 bits per heavy atom. The van der Waals surface area contributed by atoms with Crippen molar-refractivity contribution in [3.8, 4) is 5.75 Å². The van der Waals surface area contributed by atoms with E-state index in [-0.39, 0.29) is 12.5 Å². The third-order valence-electron chi connectivity index (χ3n) is 3.44. The molecule has 6 heteroatoms. The van der Waals surface area contributed by atoms with Crippen molar-refractivity contribution >= 4 is 22.7 Å². The maximum absolute atomic E-state index is 11.8. The lowest BCUT2D eigenvalue weighted by atomic mass is 10.2. The maximum Gasteiger partial charge on any atom is 0.277 e. The van der Waals surface area contributed by atoms with Crippen LogP contribution in [0.4, 0.5) is 0 Å². The molecule has 0 atom stereocenters. The summed E-state index contributed by atoms with van der Waals surface area (Å²) in [5.74, 6) is 0.950. The van der Waals surface area contributed by atoms with Gasteiger partial charge in [-0.25, -0.2) is 10.4 Å². The Kier molecular flexibility index (Phi) is 4.56. The van der Waals surface area contributed by atoms with Gasteiger partial charge in [-0.15, -0.1) is 0 Å². The number of rotatable bonds is 5. The van der Waals surface area contributed by atoms with Gasteiger partial charge in [0, 0.05) is 0 Å². The van der Waals surface area contributed by atoms with Crippen molar-refractivity contribution in [2.45, 2.75) is 13.8 Å². The van der Waals surface area contributed by atoms with Gasteiger partial charge in [0.05, 0.1) is 11.0 Å². The molecule has 122 valence electrons. The number of hydrogen-bond donors (Lipinski definition) is 2. The van der Waals surface area contributed by atoms with Gasteiger partial charge in [-0.05, 0) is 43.7 Å². The maximum atomic E-state index is 11.8. The molecule has 24 heavy (non-hydrogen) atoms. The smallest absolute Gasteiger partial charge is 0.277 e. The van der Waals surface area contributed by atoms with E-state index in [9.17, 15) is 4.79 Å². The van der Waals surface area contributed by atoms with Crippen LogP contribution in [0.5, 0.6) is 5.75 Å². The summed E-state index contributed by atoms with van der Waals surface area (Å²) < 4.78 is 5.43. The topological polar surface area (TPSA) is 79.4 Å². The van der Waals surface area contributed by atoms with Crippen LogP contribution in [0.1, 0.15) is 18.3 Å². The molecule has 0 fully saturated rings. The van der Waals surface area contributed by atoms with Crippen LogP contribution in [-0.2, 0) is 4.79 Å². The lowest BCUT2D eigenvalue weighted by Gasteiger charge is -2.05. The second-order valence-electron chi connectivity index (χ2n) is 5.44. The molecule has 1 aromatic heterocycles. The minimum absolute atomic E-state index is 0.0969. The molecule has 0 aliphatic carbocycles. The predicted molar refractivity (Wildman–Crippen MR) is 93.1 cm³/mol. The Morgan fingerprint density at radius 2 is 2.08 bits per heavy atom. The molecule has 0 aliphatic rings. The number of fused-ring (bicyclic) bond motifs is 1. The van der Waals surface area contributed by atoms with E-state index in [2.05, 4.69) is 20.5 Å². The average Bonchev–Trinajstić information content (AvgIpc) is 3.02. The normalized spacial score (nSPS) is 11.5. The van der Waals surface area contributed by atoms with E-state index in [0.29, 0.717) is 17.3 Å². The quantitative estimate of drug-likeness (QED) is 0.560. The number of hydrogen-bond acceptors (Lipinski definition) is 4. The first-order valence-electron chi connectivity index (χ1n) is 7.59. The summed E-state index contributed by atoms with van der Waals surface area (Å²) in [7, 11) is 0. The van der Waals surface area contributed by atoms with Crippen LogP contribution in [0, 0.1) is 6.92 Å². The minimum Gasteiger partial charge on any atom is -0.484 e. The molecule has 3 rings (SSSR count). The zero-order chi connectivity index (χ0) is 16.9. The van der Waals surface area contributed by atoms with Crippen LogP contribution in [0.25, 0.3) is 11.0 Å². The first-order valence-corrected chi connectivity index (χ1v) is 7.59. The number of H-pyrrole nitrogens is 1. The minimum atomic E-state index is -0.327. The van der Waals surface area contributed by atoms with Gasteiger partial charge >= 0.3 is 0 Å². The number of carbonyl (C=O) groups excluding carboxylic acids is 1. The number of nitrogens with one attached hydrogen (secondary N) is 2. The molecule has 0 saturated heterocycles. The summed E-state index contributed by atoms with van der Waals surface area (Å²) in [5.41, 5.74) is 5.93. The second kappa shape index (κ2) is 6.95. The number of imidazole rings is 1. The predicted octanol–water partition coefficient (Wildman–Crippen LogP) is 2.79. The highest BCUT2D eigenvalue weighted by molar-refractivity contribution is 5.98. The van der Waals surface area contributed by atoms with Crippen LogP contribution in [-0.4, -0.2) is 28.2 Å². The number of nitrogens with zero attached hydrogens (tertiary/aromatic N) is 2. The van der Waals surface area contributed by atoms with E-state index in [1.54, 1.807) is 6.92 Å². The number of amides is 1. The van der Waals surface area contributed by atoms with Crippen LogP contribution in [0.3, 0.4) is 0 Å². The Hall–Kier alpha value is -3.15. The molecule has 3 aromatic rings. The molecule has 0 bridgehead atoms. The van der Waals surface area contributed by atoms with Crippen molar-refractivity contribution in [1.82, 2.24) is 15.4 Å². The first kappa shape index (κ1) is 15.7. The summed E-state index contributed by atoms with van der Waals surface area (Å²) in [5, 5.41) is 4.06. The molecule has 2 N–H and O–H groups in total. The summed E-state index contributed by atoms with van der Waals surface area (Å²) >= 11 is 0. The highest BCUT2D eigenvalue weighted by Crippen LogP contribution is 2.12. The van der Waals surface area contributed by atoms with Crippen LogP contribution in [0.15, 0.2) is 53.6 Å². The molecular weight excluding hydrogens is 304 g/mol. The lowest BCUT2D eigenvalue weighted by Crippen LogP contribution is -2.25. The molecular formula is C18H18N4O2. The summed E-state index contributed by atoms with van der Waals surface area (Å²) in [6.07, 6.45) is 0. The number of aryl methyl sites for hydroxylation is 1. The number of hydrazone groups is 1. The van der Waals surface area contributed by atoms with Crippen LogP contribution < -0.4 is 10.2 Å². The standard InChI is InChI=1S/C18H18N4O2/c1-12-6-5-7-14(10-12)24-11-17(23)22-21-13(2)18-19-15-8-3-4-9-16(15)20-18/h3-10H,11H2,1-2H3,(H,19,20)(H,22,23)/b21-13+.